The van der Waals surface area contributed by atoms with E-state index in [1.807, 2.05) is 18.2 Å². The van der Waals surface area contributed by atoms with Gasteiger partial charge in [-0.25, -0.2) is 0 Å². The fraction of sp³-hybridized carbons (Fsp3) is 0.562. The third-order valence-electron chi connectivity index (χ3n) is 3.26. The Morgan fingerprint density at radius 1 is 1.11 bits per heavy atom. The molecular weight excluding hydrogens is 220 g/mol. The minimum atomic E-state index is 0.738. The van der Waals surface area contributed by atoms with Gasteiger partial charge in [-0.15, -0.1) is 0 Å². The Balaban J connectivity index is 2.27. The van der Waals surface area contributed by atoms with Gasteiger partial charge < -0.3 is 4.90 Å². The van der Waals surface area contributed by atoms with Crippen LogP contribution in [0.15, 0.2) is 24.3 Å². The summed E-state index contributed by atoms with van der Waals surface area (Å²) in [7, 11) is 2.10. The van der Waals surface area contributed by atoms with Gasteiger partial charge in [-0.05, 0) is 24.6 Å². The third-order valence-corrected chi connectivity index (χ3v) is 3.26. The molecule has 0 unspecified atom stereocenters. The topological polar surface area (TPSA) is 27.0 Å². The van der Waals surface area contributed by atoms with Gasteiger partial charge in [-0.2, -0.15) is 5.26 Å². The van der Waals surface area contributed by atoms with E-state index >= 15 is 0 Å². The zero-order valence-electron chi connectivity index (χ0n) is 11.7. The lowest BCUT2D eigenvalue weighted by molar-refractivity contribution is 0.606. The molecule has 1 aromatic carbocycles. The van der Waals surface area contributed by atoms with Gasteiger partial charge in [0, 0.05) is 19.3 Å². The number of anilines is 1. The zero-order valence-corrected chi connectivity index (χ0v) is 11.7. The SMILES string of the molecule is CCCCCCCCN(C)c1cccc(C#N)c1. The molecule has 0 atom stereocenters. The van der Waals surface area contributed by atoms with Crippen LogP contribution >= 0.6 is 0 Å². The van der Waals surface area contributed by atoms with E-state index in [4.69, 9.17) is 5.26 Å². The van der Waals surface area contributed by atoms with Crippen molar-refractivity contribution in [1.82, 2.24) is 0 Å². The van der Waals surface area contributed by atoms with E-state index in [-0.39, 0.29) is 0 Å². The predicted molar refractivity (Wildman–Crippen MR) is 77.8 cm³/mol. The molecule has 0 aliphatic rings. The van der Waals surface area contributed by atoms with Crippen molar-refractivity contribution in [3.05, 3.63) is 29.8 Å². The first-order chi connectivity index (χ1) is 8.77. The maximum atomic E-state index is 8.87. The summed E-state index contributed by atoms with van der Waals surface area (Å²) in [4.78, 5) is 2.24. The first-order valence-corrected chi connectivity index (χ1v) is 6.99. The summed E-state index contributed by atoms with van der Waals surface area (Å²) >= 11 is 0. The summed E-state index contributed by atoms with van der Waals surface area (Å²) in [5.74, 6) is 0. The molecule has 18 heavy (non-hydrogen) atoms. The monoisotopic (exact) mass is 244 g/mol. The molecule has 0 fully saturated rings. The lowest BCUT2D eigenvalue weighted by atomic mass is 10.1. The summed E-state index contributed by atoms with van der Waals surface area (Å²) in [6.45, 7) is 3.32. The van der Waals surface area contributed by atoms with Gasteiger partial charge >= 0.3 is 0 Å². The molecule has 0 aliphatic carbocycles. The highest BCUT2D eigenvalue weighted by Crippen LogP contribution is 2.15. The van der Waals surface area contributed by atoms with Crippen molar-refractivity contribution >= 4 is 5.69 Å². The van der Waals surface area contributed by atoms with Crippen LogP contribution < -0.4 is 4.90 Å². The second-order valence-corrected chi connectivity index (χ2v) is 4.85. The lowest BCUT2D eigenvalue weighted by Gasteiger charge is -2.19. The minimum absolute atomic E-state index is 0.738. The van der Waals surface area contributed by atoms with Crippen molar-refractivity contribution in [3.63, 3.8) is 0 Å². The van der Waals surface area contributed by atoms with Crippen molar-refractivity contribution in [2.24, 2.45) is 0 Å². The average molecular weight is 244 g/mol. The van der Waals surface area contributed by atoms with Gasteiger partial charge in [0.1, 0.15) is 0 Å². The number of rotatable bonds is 8. The van der Waals surface area contributed by atoms with Crippen molar-refractivity contribution in [1.29, 1.82) is 5.26 Å². The van der Waals surface area contributed by atoms with E-state index in [2.05, 4.69) is 31.0 Å². The summed E-state index contributed by atoms with van der Waals surface area (Å²) in [5, 5.41) is 8.87. The summed E-state index contributed by atoms with van der Waals surface area (Å²) < 4.78 is 0. The molecule has 98 valence electrons. The van der Waals surface area contributed by atoms with Crippen LogP contribution in [-0.4, -0.2) is 13.6 Å². The van der Waals surface area contributed by atoms with Crippen LogP contribution in [0.25, 0.3) is 0 Å². The molecule has 0 N–H and O–H groups in total. The first kappa shape index (κ1) is 14.6. The number of hydrogen-bond donors (Lipinski definition) is 0. The zero-order chi connectivity index (χ0) is 13.2. The van der Waals surface area contributed by atoms with E-state index < -0.39 is 0 Å². The van der Waals surface area contributed by atoms with Crippen molar-refractivity contribution in [2.75, 3.05) is 18.5 Å². The van der Waals surface area contributed by atoms with E-state index in [9.17, 15) is 0 Å². The standard InChI is InChI=1S/C16H24N2/c1-3-4-5-6-7-8-12-18(2)16-11-9-10-15(13-16)14-17/h9-11,13H,3-8,12H2,1-2H3. The number of benzene rings is 1. The highest BCUT2D eigenvalue weighted by Gasteiger charge is 2.01. The van der Waals surface area contributed by atoms with E-state index in [0.29, 0.717) is 0 Å². The largest absolute Gasteiger partial charge is 0.375 e. The summed E-state index contributed by atoms with van der Waals surface area (Å²) in [5.41, 5.74) is 1.88. The van der Waals surface area contributed by atoms with Crippen LogP contribution in [0.3, 0.4) is 0 Å². The quantitative estimate of drug-likeness (QED) is 0.635. The van der Waals surface area contributed by atoms with Gasteiger partial charge in [0.2, 0.25) is 0 Å². The third kappa shape index (κ3) is 5.23. The molecule has 2 heteroatoms. The first-order valence-electron chi connectivity index (χ1n) is 6.99. The molecular formula is C16H24N2. The van der Waals surface area contributed by atoms with Crippen LogP contribution in [0, 0.1) is 11.3 Å². The van der Waals surface area contributed by atoms with Crippen LogP contribution in [-0.2, 0) is 0 Å². The Hall–Kier alpha value is -1.49. The van der Waals surface area contributed by atoms with Gasteiger partial charge in [0.15, 0.2) is 0 Å². The Morgan fingerprint density at radius 2 is 1.83 bits per heavy atom. The van der Waals surface area contributed by atoms with Crippen LogP contribution in [0.5, 0.6) is 0 Å². The molecule has 0 saturated carbocycles. The number of nitriles is 1. The van der Waals surface area contributed by atoms with Crippen LogP contribution in [0.2, 0.25) is 0 Å². The van der Waals surface area contributed by atoms with Gasteiger partial charge in [-0.3, -0.25) is 0 Å². The molecule has 0 radical (unpaired) electrons. The van der Waals surface area contributed by atoms with E-state index in [1.54, 1.807) is 0 Å². The summed E-state index contributed by atoms with van der Waals surface area (Å²) in [6, 6.07) is 10.0. The van der Waals surface area contributed by atoms with E-state index in [1.165, 1.54) is 38.5 Å². The predicted octanol–water partition coefficient (Wildman–Crippen LogP) is 4.35. The Labute approximate surface area is 111 Å². The van der Waals surface area contributed by atoms with E-state index in [0.717, 1.165) is 17.8 Å². The molecule has 1 aromatic rings. The van der Waals surface area contributed by atoms with Crippen molar-refractivity contribution < 1.29 is 0 Å². The normalized spacial score (nSPS) is 10.1. The Kier molecular flexibility index (Phi) is 6.94. The van der Waals surface area contributed by atoms with Crippen molar-refractivity contribution in [3.8, 4) is 6.07 Å². The molecule has 0 aromatic heterocycles. The Bertz CT molecular complexity index is 379. The molecule has 2 nitrogen and oxygen atoms in total. The average Bonchev–Trinajstić information content (AvgIpc) is 2.42. The number of nitrogens with zero attached hydrogens (tertiary/aromatic N) is 2. The van der Waals surface area contributed by atoms with Gasteiger partial charge in [-0.1, -0.05) is 45.1 Å². The number of hydrogen-bond acceptors (Lipinski definition) is 2. The second-order valence-electron chi connectivity index (χ2n) is 4.85. The minimum Gasteiger partial charge on any atom is -0.375 e. The molecule has 0 spiro atoms. The second kappa shape index (κ2) is 8.58. The number of unbranched alkanes of at least 4 members (excludes halogenated alkanes) is 5. The lowest BCUT2D eigenvalue weighted by Crippen LogP contribution is -2.18. The fourth-order valence-corrected chi connectivity index (χ4v) is 2.07. The molecule has 1 rings (SSSR count). The molecule has 0 bridgehead atoms. The fourth-order valence-electron chi connectivity index (χ4n) is 2.07. The highest BCUT2D eigenvalue weighted by molar-refractivity contribution is 5.50. The summed E-state index contributed by atoms with van der Waals surface area (Å²) in [6.07, 6.45) is 7.92. The Morgan fingerprint density at radius 3 is 2.56 bits per heavy atom. The molecule has 0 heterocycles. The molecule has 0 aliphatic heterocycles. The highest BCUT2D eigenvalue weighted by atomic mass is 15.1. The van der Waals surface area contributed by atoms with Gasteiger partial charge in [0.25, 0.3) is 0 Å². The van der Waals surface area contributed by atoms with Crippen molar-refractivity contribution in [2.45, 2.75) is 45.4 Å². The smallest absolute Gasteiger partial charge is 0.0992 e. The van der Waals surface area contributed by atoms with Crippen LogP contribution in [0.1, 0.15) is 51.0 Å². The van der Waals surface area contributed by atoms with Gasteiger partial charge in [0.05, 0.1) is 11.6 Å². The van der Waals surface area contributed by atoms with Crippen LogP contribution in [0.4, 0.5) is 5.69 Å². The molecule has 0 saturated heterocycles. The maximum Gasteiger partial charge on any atom is 0.0992 e. The molecule has 0 amide bonds. The maximum absolute atomic E-state index is 8.87.